The number of amides is 2. The number of carbonyl (C=O) groups excluding carboxylic acids is 2. The van der Waals surface area contributed by atoms with Crippen LogP contribution in [-0.2, 0) is 13.1 Å². The summed E-state index contributed by atoms with van der Waals surface area (Å²) in [6.45, 7) is 0.592. The molecule has 2 N–H and O–H groups in total. The fraction of sp³-hybridized carbons (Fsp3) is 0.0741. The first-order valence-corrected chi connectivity index (χ1v) is 10.8. The van der Waals surface area contributed by atoms with Gasteiger partial charge in [0, 0.05) is 23.2 Å². The van der Waals surface area contributed by atoms with Gasteiger partial charge in [0.1, 0.15) is 11.3 Å². The number of hydrogen-bond acceptors (Lipinski definition) is 5. The van der Waals surface area contributed by atoms with Crippen LogP contribution in [-0.4, -0.2) is 17.0 Å². The lowest BCUT2D eigenvalue weighted by Gasteiger charge is -2.08. The number of fused-ring (bicyclic) bond motifs is 1. The van der Waals surface area contributed by atoms with Crippen LogP contribution in [0.2, 0.25) is 0 Å². The van der Waals surface area contributed by atoms with Gasteiger partial charge in [-0.3, -0.25) is 9.59 Å². The smallest absolute Gasteiger partial charge is 0.251 e. The highest BCUT2D eigenvalue weighted by Gasteiger charge is 2.14. The Morgan fingerprint density at radius 3 is 2.35 bits per heavy atom. The number of hydrogen-bond donors (Lipinski definition) is 2. The maximum Gasteiger partial charge on any atom is 0.251 e. The summed E-state index contributed by atoms with van der Waals surface area (Å²) in [4.78, 5) is 25.3. The number of nitrogens with one attached hydrogen (secondary N) is 2. The van der Waals surface area contributed by atoms with E-state index in [0.717, 1.165) is 16.5 Å². The summed E-state index contributed by atoms with van der Waals surface area (Å²) in [6.07, 6.45) is 1.56. The maximum absolute atomic E-state index is 12.8. The summed E-state index contributed by atoms with van der Waals surface area (Å²) in [6, 6.07) is 25.6. The van der Waals surface area contributed by atoms with Crippen molar-refractivity contribution in [2.24, 2.45) is 0 Å². The van der Waals surface area contributed by atoms with Crippen molar-refractivity contribution in [3.05, 3.63) is 114 Å². The quantitative estimate of drug-likeness (QED) is 0.365. The predicted octanol–water partition coefficient (Wildman–Crippen LogP) is 4.95. The second-order valence-electron chi connectivity index (χ2n) is 7.75. The fourth-order valence-electron chi connectivity index (χ4n) is 3.67. The van der Waals surface area contributed by atoms with Gasteiger partial charge in [0.15, 0.2) is 5.76 Å². The van der Waals surface area contributed by atoms with Gasteiger partial charge in [-0.1, -0.05) is 47.6 Å². The molecule has 0 unspecified atom stereocenters. The molecule has 0 spiro atoms. The van der Waals surface area contributed by atoms with Crippen molar-refractivity contribution in [1.29, 1.82) is 0 Å². The molecular formula is C27H21N3O4. The molecule has 0 bridgehead atoms. The van der Waals surface area contributed by atoms with Crippen molar-refractivity contribution in [1.82, 2.24) is 15.8 Å². The van der Waals surface area contributed by atoms with E-state index in [-0.39, 0.29) is 18.4 Å². The maximum atomic E-state index is 12.8. The first-order valence-electron chi connectivity index (χ1n) is 10.8. The van der Waals surface area contributed by atoms with E-state index < -0.39 is 0 Å². The summed E-state index contributed by atoms with van der Waals surface area (Å²) in [7, 11) is 0. The second-order valence-corrected chi connectivity index (χ2v) is 7.75. The first-order chi connectivity index (χ1) is 16.7. The summed E-state index contributed by atoms with van der Waals surface area (Å²) in [5, 5.41) is 10.6. The molecule has 5 aromatic rings. The van der Waals surface area contributed by atoms with E-state index in [0.29, 0.717) is 34.7 Å². The average Bonchev–Trinajstić information content (AvgIpc) is 3.56. The van der Waals surface area contributed by atoms with Crippen molar-refractivity contribution in [3.63, 3.8) is 0 Å². The number of nitrogens with zero attached hydrogens (tertiary/aromatic N) is 1. The van der Waals surface area contributed by atoms with Gasteiger partial charge >= 0.3 is 0 Å². The van der Waals surface area contributed by atoms with Crippen LogP contribution >= 0.6 is 0 Å². The molecule has 0 fully saturated rings. The minimum Gasteiger partial charge on any atom is -0.467 e. The van der Waals surface area contributed by atoms with Crippen molar-refractivity contribution in [2.75, 3.05) is 0 Å². The van der Waals surface area contributed by atoms with Crippen molar-refractivity contribution in [2.45, 2.75) is 13.1 Å². The largest absolute Gasteiger partial charge is 0.467 e. The Hall–Kier alpha value is -4.65. The summed E-state index contributed by atoms with van der Waals surface area (Å²) in [5.74, 6) is 0.862. The van der Waals surface area contributed by atoms with Crippen LogP contribution in [0.15, 0.2) is 100 Å². The highest BCUT2D eigenvalue weighted by atomic mass is 16.5. The minimum absolute atomic E-state index is 0.212. The molecule has 0 radical (unpaired) electrons. The minimum atomic E-state index is -0.227. The van der Waals surface area contributed by atoms with E-state index >= 15 is 0 Å². The zero-order chi connectivity index (χ0) is 23.3. The van der Waals surface area contributed by atoms with E-state index in [1.807, 2.05) is 36.4 Å². The Bertz CT molecular complexity index is 1440. The molecular weight excluding hydrogens is 430 g/mol. The lowest BCUT2D eigenvalue weighted by atomic mass is 10.1. The van der Waals surface area contributed by atoms with E-state index in [9.17, 15) is 9.59 Å². The normalized spacial score (nSPS) is 10.8. The lowest BCUT2D eigenvalue weighted by molar-refractivity contribution is 0.0943. The van der Waals surface area contributed by atoms with Gasteiger partial charge in [0.25, 0.3) is 11.8 Å². The van der Waals surface area contributed by atoms with E-state index in [2.05, 4.69) is 15.8 Å². The van der Waals surface area contributed by atoms with Crippen LogP contribution in [0.1, 0.15) is 32.0 Å². The van der Waals surface area contributed by atoms with Gasteiger partial charge < -0.3 is 19.6 Å². The molecule has 168 valence electrons. The summed E-state index contributed by atoms with van der Waals surface area (Å²) < 4.78 is 10.8. The summed E-state index contributed by atoms with van der Waals surface area (Å²) in [5.41, 5.74) is 3.40. The zero-order valence-electron chi connectivity index (χ0n) is 18.2. The molecule has 34 heavy (non-hydrogen) atoms. The molecule has 2 aromatic heterocycles. The molecule has 7 heteroatoms. The topological polar surface area (TPSA) is 97.4 Å². The molecule has 0 aliphatic rings. The number of benzene rings is 3. The monoisotopic (exact) mass is 451 g/mol. The molecule has 0 aliphatic heterocycles. The standard InChI is InChI=1S/C27H21N3O4/c31-26(29-17-22-10-5-13-33-22)20-9-4-6-18(14-20)16-28-27(32)21-11-12-24-23(15-21)25(34-30-24)19-7-2-1-3-8-19/h1-15H,16-17H2,(H,28,32)(H,29,31). The van der Waals surface area contributed by atoms with Gasteiger partial charge in [-0.2, -0.15) is 0 Å². The molecule has 0 aliphatic carbocycles. The molecule has 3 aromatic carbocycles. The van der Waals surface area contributed by atoms with Crippen molar-refractivity contribution in [3.8, 4) is 11.3 Å². The van der Waals surface area contributed by atoms with E-state index in [1.165, 1.54) is 0 Å². The van der Waals surface area contributed by atoms with Crippen molar-refractivity contribution >= 4 is 22.7 Å². The van der Waals surface area contributed by atoms with Crippen molar-refractivity contribution < 1.29 is 18.5 Å². The van der Waals surface area contributed by atoms with Gasteiger partial charge in [0.2, 0.25) is 0 Å². The molecule has 0 saturated heterocycles. The van der Waals surface area contributed by atoms with E-state index in [1.54, 1.807) is 54.8 Å². The van der Waals surface area contributed by atoms with Crippen LogP contribution in [0.3, 0.4) is 0 Å². The fourth-order valence-corrected chi connectivity index (χ4v) is 3.67. The summed E-state index contributed by atoms with van der Waals surface area (Å²) >= 11 is 0. The molecule has 0 atom stereocenters. The number of aromatic nitrogens is 1. The second kappa shape index (κ2) is 9.46. The van der Waals surface area contributed by atoms with Crippen LogP contribution in [0, 0.1) is 0 Å². The van der Waals surface area contributed by atoms with Gasteiger partial charge in [-0.25, -0.2) is 0 Å². The van der Waals surface area contributed by atoms with E-state index in [4.69, 9.17) is 8.94 Å². The van der Waals surface area contributed by atoms with Crippen LogP contribution in [0.5, 0.6) is 0 Å². The van der Waals surface area contributed by atoms with Gasteiger partial charge in [-0.15, -0.1) is 0 Å². The number of carbonyl (C=O) groups is 2. The highest BCUT2D eigenvalue weighted by Crippen LogP contribution is 2.29. The van der Waals surface area contributed by atoms with Crippen LogP contribution in [0.4, 0.5) is 0 Å². The number of furan rings is 1. The third kappa shape index (κ3) is 4.59. The molecule has 2 amide bonds. The molecule has 2 heterocycles. The van der Waals surface area contributed by atoms with Gasteiger partial charge in [0.05, 0.1) is 18.2 Å². The number of rotatable bonds is 7. The molecule has 5 rings (SSSR count). The molecule has 7 nitrogen and oxygen atoms in total. The SMILES string of the molecule is O=C(NCc1cccc(C(=O)NCc2ccco2)c1)c1ccc2noc(-c3ccccc3)c2c1. The van der Waals surface area contributed by atoms with Gasteiger partial charge in [-0.05, 0) is 48.0 Å². The Morgan fingerprint density at radius 1 is 0.765 bits per heavy atom. The first kappa shape index (κ1) is 21.2. The average molecular weight is 451 g/mol. The highest BCUT2D eigenvalue weighted by molar-refractivity contribution is 6.01. The predicted molar refractivity (Wildman–Crippen MR) is 127 cm³/mol. The lowest BCUT2D eigenvalue weighted by Crippen LogP contribution is -2.24. The third-order valence-corrected chi connectivity index (χ3v) is 5.42. The Morgan fingerprint density at radius 2 is 1.56 bits per heavy atom. The Kier molecular flexibility index (Phi) is 5.90. The van der Waals surface area contributed by atoms with Crippen LogP contribution in [0.25, 0.3) is 22.2 Å². The Balaban J connectivity index is 1.26. The Labute approximate surface area is 195 Å². The molecule has 0 saturated carbocycles. The zero-order valence-corrected chi connectivity index (χ0v) is 18.2. The third-order valence-electron chi connectivity index (χ3n) is 5.42. The van der Waals surface area contributed by atoms with Crippen LogP contribution < -0.4 is 10.6 Å².